The van der Waals surface area contributed by atoms with Crippen LogP contribution in [0.2, 0.25) is 0 Å². The molecule has 1 saturated heterocycles. The van der Waals surface area contributed by atoms with Crippen LogP contribution in [0.25, 0.3) is 0 Å². The van der Waals surface area contributed by atoms with Crippen molar-refractivity contribution in [2.75, 3.05) is 34.5 Å². The Bertz CT molecular complexity index is 2040. The summed E-state index contributed by atoms with van der Waals surface area (Å²) in [7, 11) is 3.64. The highest BCUT2D eigenvalue weighted by Crippen LogP contribution is 2.56. The van der Waals surface area contributed by atoms with Crippen molar-refractivity contribution in [3.05, 3.63) is 68.4 Å². The van der Waals surface area contributed by atoms with Gasteiger partial charge in [-0.25, -0.2) is 4.79 Å². The number of carbonyl (C=O) groups is 5. The van der Waals surface area contributed by atoms with E-state index in [1.807, 2.05) is 0 Å². The highest BCUT2D eigenvalue weighted by Gasteiger charge is 2.72. The molecule has 6 rings (SSSR count). The summed E-state index contributed by atoms with van der Waals surface area (Å²) < 4.78 is 22.6. The number of phenolic OH excluding ortho intramolecular Hbond substituents is 1. The van der Waals surface area contributed by atoms with Crippen LogP contribution in [0.5, 0.6) is 11.5 Å². The number of fused-ring (bicyclic) bond motifs is 5. The van der Waals surface area contributed by atoms with Crippen LogP contribution < -0.4 is 11.1 Å². The number of carboxylic acids is 1. The maximum absolute atomic E-state index is 14.6. The first kappa shape index (κ1) is 37.7. The van der Waals surface area contributed by atoms with Crippen molar-refractivity contribution in [3.63, 3.8) is 0 Å². The number of nitrogens with one attached hydrogen (secondary N) is 1. The number of ether oxygens (including phenoxy) is 4. The number of carboxylic acid groups (broad SMARTS) is 1. The van der Waals surface area contributed by atoms with Gasteiger partial charge in [-0.3, -0.25) is 19.2 Å². The van der Waals surface area contributed by atoms with Crippen LogP contribution in [0.15, 0.2) is 29.1 Å². The molecule has 0 aromatic heterocycles. The van der Waals surface area contributed by atoms with E-state index in [-0.39, 0.29) is 35.7 Å². The van der Waals surface area contributed by atoms with E-state index in [9.17, 15) is 49.5 Å². The third-order valence-corrected chi connectivity index (χ3v) is 10.2. The molecule has 1 fully saturated rings. The van der Waals surface area contributed by atoms with E-state index in [2.05, 4.69) is 10.5 Å². The minimum atomic E-state index is -3.29. The van der Waals surface area contributed by atoms with E-state index in [0.29, 0.717) is 0 Å². The van der Waals surface area contributed by atoms with Crippen LogP contribution in [-0.4, -0.2) is 131 Å². The van der Waals surface area contributed by atoms with E-state index in [1.165, 1.54) is 27.2 Å². The van der Waals surface area contributed by atoms with Gasteiger partial charge in [0.05, 0.1) is 29.0 Å². The topological polar surface area (TPSA) is 283 Å². The van der Waals surface area contributed by atoms with E-state index in [1.54, 1.807) is 6.92 Å². The molecule has 0 radical (unpaired) electrons. The normalized spacial score (nSPS) is 29.9. The fourth-order valence-corrected chi connectivity index (χ4v) is 7.89. The molecular formula is C35H37N3O15. The standard InChI is InChI=1S/C35H37N3O15/c1-12-8-14-9-19(40)35(51-5)31(45)22-16(30(44)34(35,48)23(14)27(43)20(12)33(46)47)10-15-21(26(22)42)18(39)11-17(25(15)41)37-32-29(50-4)24(38-52-7-6-36)28(49-3)13(2)53-32/h8,10-11,13,19,28-29,32,37,40,42-43,48H,6-7,9,36H2,1-5H3,(H,46,47)/b38-24-/t13-,19?,28-,29+,32-,34?,35?/m0/s1. The zero-order valence-electron chi connectivity index (χ0n) is 29.1. The second-order valence-corrected chi connectivity index (χ2v) is 13.0. The number of rotatable bonds is 9. The first-order valence-electron chi connectivity index (χ1n) is 16.3. The van der Waals surface area contributed by atoms with E-state index < -0.39 is 122 Å². The number of oxime groups is 1. The first-order chi connectivity index (χ1) is 25.1. The second kappa shape index (κ2) is 13.4. The summed E-state index contributed by atoms with van der Waals surface area (Å²) in [5.74, 6) is -8.53. The summed E-state index contributed by atoms with van der Waals surface area (Å²) in [6.07, 6.45) is -5.32. The van der Waals surface area contributed by atoms with Gasteiger partial charge in [0.15, 0.2) is 23.2 Å². The van der Waals surface area contributed by atoms with Crippen LogP contribution in [0, 0.1) is 6.92 Å². The van der Waals surface area contributed by atoms with Gasteiger partial charge in [-0.15, -0.1) is 0 Å². The van der Waals surface area contributed by atoms with Crippen molar-refractivity contribution in [1.82, 2.24) is 5.32 Å². The Labute approximate surface area is 300 Å². The predicted molar refractivity (Wildman–Crippen MR) is 178 cm³/mol. The van der Waals surface area contributed by atoms with Gasteiger partial charge in [-0.05, 0) is 31.0 Å². The summed E-state index contributed by atoms with van der Waals surface area (Å²) in [6, 6.07) is 2.06. The van der Waals surface area contributed by atoms with Crippen LogP contribution in [0.1, 0.15) is 75.4 Å². The van der Waals surface area contributed by atoms with E-state index in [4.69, 9.17) is 29.5 Å². The molecule has 1 aliphatic heterocycles. The molecule has 7 atom stereocenters. The maximum Gasteiger partial charge on any atom is 0.339 e. The molecule has 4 aliphatic rings. The van der Waals surface area contributed by atoms with Crippen molar-refractivity contribution < 1.29 is 73.3 Å². The predicted octanol–water partition coefficient (Wildman–Crippen LogP) is -0.368. The number of aromatic hydroxyl groups is 2. The third-order valence-electron chi connectivity index (χ3n) is 10.2. The molecule has 2 aromatic carbocycles. The lowest BCUT2D eigenvalue weighted by Gasteiger charge is -2.52. The molecule has 18 nitrogen and oxygen atoms in total. The molecule has 2 aromatic rings. The van der Waals surface area contributed by atoms with Gasteiger partial charge in [0.2, 0.25) is 17.3 Å². The lowest BCUT2D eigenvalue weighted by molar-refractivity contribution is -0.181. The second-order valence-electron chi connectivity index (χ2n) is 13.0. The smallest absolute Gasteiger partial charge is 0.339 e. The SMILES string of the molecule is CO[C@@H]1/C(=N/OCCN)[C@@H](OC)[C@@H](NC2=CC(=O)c3c(cc4c(c3O)C(=O)C3(OC)C(O)Cc5cc(C)c(C(=O)O)c(O)c5C3(O)C4=O)C2=O)O[C@H]1C. The number of hydrogen-bond donors (Lipinski definition) is 7. The average molecular weight is 740 g/mol. The first-order valence-corrected chi connectivity index (χ1v) is 16.3. The van der Waals surface area contributed by atoms with Gasteiger partial charge >= 0.3 is 5.97 Å². The molecule has 0 spiro atoms. The Kier molecular flexibility index (Phi) is 9.53. The minimum absolute atomic E-state index is 0.0263. The van der Waals surface area contributed by atoms with E-state index in [0.717, 1.165) is 19.3 Å². The Morgan fingerprint density at radius 1 is 1.04 bits per heavy atom. The number of aliphatic hydroxyl groups excluding tert-OH is 1. The van der Waals surface area contributed by atoms with Crippen LogP contribution >= 0.6 is 0 Å². The number of aryl methyl sites for hydroxylation is 1. The maximum atomic E-state index is 14.6. The largest absolute Gasteiger partial charge is 0.507 e. The molecule has 0 bridgehead atoms. The van der Waals surface area contributed by atoms with Gasteiger partial charge in [-0.2, -0.15) is 0 Å². The Balaban J connectivity index is 1.48. The molecule has 0 amide bonds. The van der Waals surface area contributed by atoms with Gasteiger partial charge < -0.3 is 60.4 Å². The zero-order valence-corrected chi connectivity index (χ0v) is 29.1. The Hall–Kier alpha value is -5.08. The summed E-state index contributed by atoms with van der Waals surface area (Å²) in [6.45, 7) is 3.23. The summed E-state index contributed by atoms with van der Waals surface area (Å²) in [4.78, 5) is 74.1. The van der Waals surface area contributed by atoms with Crippen LogP contribution in [0.4, 0.5) is 0 Å². The number of phenols is 2. The number of methoxy groups -OCH3 is 3. The number of benzene rings is 2. The van der Waals surface area contributed by atoms with Crippen LogP contribution in [0.3, 0.4) is 0 Å². The molecule has 1 heterocycles. The van der Waals surface area contributed by atoms with Crippen molar-refractivity contribution in [2.45, 2.75) is 62.1 Å². The van der Waals surface area contributed by atoms with Crippen molar-refractivity contribution in [2.24, 2.45) is 10.9 Å². The molecule has 3 aliphatic carbocycles. The van der Waals surface area contributed by atoms with Gasteiger partial charge in [0, 0.05) is 57.1 Å². The summed E-state index contributed by atoms with van der Waals surface area (Å²) in [5, 5.41) is 63.3. The van der Waals surface area contributed by atoms with Crippen molar-refractivity contribution >= 4 is 34.8 Å². The molecular weight excluding hydrogens is 702 g/mol. The number of carbonyl (C=O) groups excluding carboxylic acids is 4. The molecule has 8 N–H and O–H groups in total. The summed E-state index contributed by atoms with van der Waals surface area (Å²) >= 11 is 0. The number of nitrogens with zero attached hydrogens (tertiary/aromatic N) is 1. The van der Waals surface area contributed by atoms with Gasteiger partial charge in [0.25, 0.3) is 0 Å². The van der Waals surface area contributed by atoms with Crippen LogP contribution in [-0.2, 0) is 35.8 Å². The number of allylic oxidation sites excluding steroid dienone is 2. The van der Waals surface area contributed by atoms with Gasteiger partial charge in [0.1, 0.15) is 41.6 Å². The highest BCUT2D eigenvalue weighted by atomic mass is 16.6. The molecule has 53 heavy (non-hydrogen) atoms. The number of aliphatic hydroxyl groups is 2. The number of hydrogen-bond acceptors (Lipinski definition) is 17. The van der Waals surface area contributed by atoms with Crippen molar-refractivity contribution in [1.29, 1.82) is 0 Å². The quantitative estimate of drug-likeness (QED) is 0.128. The lowest BCUT2D eigenvalue weighted by Crippen LogP contribution is -2.73. The average Bonchev–Trinajstić information content (AvgIpc) is 3.09. The molecule has 282 valence electrons. The summed E-state index contributed by atoms with van der Waals surface area (Å²) in [5.41, 5.74) is -5.15. The molecule has 18 heteroatoms. The number of Topliss-reactive ketones (excluding diaryl/α,β-unsaturated/α-hetero) is 3. The highest BCUT2D eigenvalue weighted by molar-refractivity contribution is 6.31. The number of nitrogens with two attached hydrogens (primary N) is 1. The third kappa shape index (κ3) is 5.12. The zero-order chi connectivity index (χ0) is 38.9. The Morgan fingerprint density at radius 2 is 1.72 bits per heavy atom. The number of ketones is 4. The molecule has 3 unspecified atom stereocenters. The monoisotopic (exact) mass is 739 g/mol. The van der Waals surface area contributed by atoms with Crippen molar-refractivity contribution in [3.8, 4) is 11.5 Å². The van der Waals surface area contributed by atoms with E-state index >= 15 is 0 Å². The fraction of sp³-hybridized carbons (Fsp3) is 0.429. The van der Waals surface area contributed by atoms with Gasteiger partial charge in [-0.1, -0.05) is 11.2 Å². The minimum Gasteiger partial charge on any atom is -0.507 e. The lowest BCUT2D eigenvalue weighted by atomic mass is 9.56. The fourth-order valence-electron chi connectivity index (χ4n) is 7.89. The number of aromatic carboxylic acids is 1. The Morgan fingerprint density at radius 3 is 2.32 bits per heavy atom. The molecule has 0 saturated carbocycles.